The molecule has 0 radical (unpaired) electrons. The molecule has 1 saturated heterocycles. The number of amides is 2. The van der Waals surface area contributed by atoms with Crippen LogP contribution in [0.1, 0.15) is 55.0 Å². The molecule has 158 valence electrons. The van der Waals surface area contributed by atoms with E-state index in [1.54, 1.807) is 4.90 Å². The Bertz CT molecular complexity index is 946. The average Bonchev–Trinajstić information content (AvgIpc) is 2.73. The van der Waals surface area contributed by atoms with Crippen LogP contribution in [0.25, 0.3) is 0 Å². The van der Waals surface area contributed by atoms with E-state index in [0.29, 0.717) is 37.3 Å². The van der Waals surface area contributed by atoms with Gasteiger partial charge >= 0.3 is 6.03 Å². The Morgan fingerprint density at radius 2 is 1.93 bits per heavy atom. The zero-order chi connectivity index (χ0) is 20.9. The maximum Gasteiger partial charge on any atom is 0.317 e. The summed E-state index contributed by atoms with van der Waals surface area (Å²) in [7, 11) is 0. The Labute approximate surface area is 175 Å². The number of aromatic nitrogens is 2. The van der Waals surface area contributed by atoms with Crippen molar-refractivity contribution in [2.45, 2.75) is 50.6 Å². The maximum absolute atomic E-state index is 12.5. The standard InChI is InChI=1S/C22H28N6O2/c23-11-18-20(25-17-9-5-2-6-10-17)26-19(27-21(18)29)16-13-28(14-16)22(30)24-12-15-7-3-1-4-8-15/h1,3-4,7-8,11,16-17,23H,2,5-6,9-10,12-14H2,(H,24,30)(H2,25,26,27,29). The van der Waals surface area contributed by atoms with Gasteiger partial charge in [0.05, 0.1) is 11.5 Å². The highest BCUT2D eigenvalue weighted by Crippen LogP contribution is 2.26. The average molecular weight is 409 g/mol. The number of hydrogen-bond acceptors (Lipinski definition) is 5. The molecule has 2 aromatic rings. The van der Waals surface area contributed by atoms with Gasteiger partial charge in [0, 0.05) is 31.9 Å². The number of aromatic amines is 1. The smallest absolute Gasteiger partial charge is 0.317 e. The first-order valence-electron chi connectivity index (χ1n) is 10.6. The van der Waals surface area contributed by atoms with Crippen molar-refractivity contribution in [2.75, 3.05) is 18.4 Å². The first kappa shape index (κ1) is 20.1. The molecule has 8 nitrogen and oxygen atoms in total. The highest BCUT2D eigenvalue weighted by Gasteiger charge is 2.34. The van der Waals surface area contributed by atoms with Crippen molar-refractivity contribution in [1.82, 2.24) is 20.2 Å². The summed E-state index contributed by atoms with van der Waals surface area (Å²) in [4.78, 5) is 34.0. The fourth-order valence-electron chi connectivity index (χ4n) is 4.08. The third-order valence-corrected chi connectivity index (χ3v) is 5.91. The molecule has 2 fully saturated rings. The van der Waals surface area contributed by atoms with Gasteiger partial charge in [-0.1, -0.05) is 49.6 Å². The quantitative estimate of drug-likeness (QED) is 0.550. The van der Waals surface area contributed by atoms with Crippen LogP contribution in [-0.2, 0) is 6.54 Å². The lowest BCUT2D eigenvalue weighted by Crippen LogP contribution is -2.53. The van der Waals surface area contributed by atoms with Crippen molar-refractivity contribution in [3.63, 3.8) is 0 Å². The number of carbonyl (C=O) groups excluding carboxylic acids is 1. The predicted octanol–water partition coefficient (Wildman–Crippen LogP) is 2.82. The first-order valence-corrected chi connectivity index (χ1v) is 10.6. The lowest BCUT2D eigenvalue weighted by Gasteiger charge is -2.38. The van der Waals surface area contributed by atoms with Gasteiger partial charge in [-0.25, -0.2) is 9.78 Å². The first-order chi connectivity index (χ1) is 14.6. The molecular weight excluding hydrogens is 380 g/mol. The molecule has 30 heavy (non-hydrogen) atoms. The van der Waals surface area contributed by atoms with Gasteiger partial charge in [0.1, 0.15) is 11.6 Å². The molecule has 4 rings (SSSR count). The van der Waals surface area contributed by atoms with Crippen molar-refractivity contribution < 1.29 is 4.79 Å². The number of likely N-dealkylation sites (tertiary alicyclic amines) is 1. The molecule has 1 aromatic heterocycles. The number of benzene rings is 1. The largest absolute Gasteiger partial charge is 0.367 e. The Morgan fingerprint density at radius 1 is 1.20 bits per heavy atom. The molecule has 2 amide bonds. The van der Waals surface area contributed by atoms with Crippen molar-refractivity contribution in [3.05, 3.63) is 57.6 Å². The van der Waals surface area contributed by atoms with Crippen LogP contribution >= 0.6 is 0 Å². The number of H-pyrrole nitrogens is 1. The summed E-state index contributed by atoms with van der Waals surface area (Å²) < 4.78 is 0. The maximum atomic E-state index is 12.5. The van der Waals surface area contributed by atoms with E-state index in [0.717, 1.165) is 24.6 Å². The summed E-state index contributed by atoms with van der Waals surface area (Å²) in [5.41, 5.74) is 1.01. The van der Waals surface area contributed by atoms with Gasteiger partial charge in [0.2, 0.25) is 0 Å². The highest BCUT2D eigenvalue weighted by atomic mass is 16.2. The van der Waals surface area contributed by atoms with Crippen LogP contribution in [0, 0.1) is 5.41 Å². The molecule has 0 unspecified atom stereocenters. The van der Waals surface area contributed by atoms with E-state index < -0.39 is 0 Å². The number of rotatable bonds is 6. The van der Waals surface area contributed by atoms with E-state index in [-0.39, 0.29) is 23.1 Å². The summed E-state index contributed by atoms with van der Waals surface area (Å²) in [6.45, 7) is 1.51. The van der Waals surface area contributed by atoms with E-state index in [1.807, 2.05) is 30.3 Å². The number of anilines is 1. The second-order valence-electron chi connectivity index (χ2n) is 8.08. The summed E-state index contributed by atoms with van der Waals surface area (Å²) in [5.74, 6) is 1.06. The van der Waals surface area contributed by atoms with Crippen LogP contribution in [0.2, 0.25) is 0 Å². The molecule has 1 aliphatic carbocycles. The normalized spacial score (nSPS) is 17.3. The minimum absolute atomic E-state index is 0.00753. The van der Waals surface area contributed by atoms with Gasteiger partial charge in [-0.15, -0.1) is 0 Å². The number of nitrogens with one attached hydrogen (secondary N) is 4. The van der Waals surface area contributed by atoms with E-state index >= 15 is 0 Å². The number of urea groups is 1. The third-order valence-electron chi connectivity index (χ3n) is 5.91. The van der Waals surface area contributed by atoms with Gasteiger partial charge < -0.3 is 25.9 Å². The van der Waals surface area contributed by atoms with Crippen LogP contribution in [0.3, 0.4) is 0 Å². The molecule has 2 heterocycles. The van der Waals surface area contributed by atoms with Crippen molar-refractivity contribution in [1.29, 1.82) is 5.41 Å². The van der Waals surface area contributed by atoms with Gasteiger partial charge in [0.25, 0.3) is 5.56 Å². The van der Waals surface area contributed by atoms with Crippen LogP contribution in [-0.4, -0.2) is 46.2 Å². The minimum atomic E-state index is -0.305. The molecule has 0 atom stereocenters. The fourth-order valence-corrected chi connectivity index (χ4v) is 4.08. The van der Waals surface area contributed by atoms with Crippen LogP contribution in [0.4, 0.5) is 10.6 Å². The molecule has 1 aliphatic heterocycles. The van der Waals surface area contributed by atoms with Gasteiger partial charge in [0.15, 0.2) is 0 Å². The highest BCUT2D eigenvalue weighted by molar-refractivity contribution is 5.83. The molecule has 8 heteroatoms. The number of nitrogens with zero attached hydrogens (tertiary/aromatic N) is 2. The summed E-state index contributed by atoms with van der Waals surface area (Å²) >= 11 is 0. The second kappa shape index (κ2) is 9.11. The van der Waals surface area contributed by atoms with Crippen molar-refractivity contribution in [3.8, 4) is 0 Å². The molecule has 1 saturated carbocycles. The monoisotopic (exact) mass is 408 g/mol. The van der Waals surface area contributed by atoms with E-state index in [1.165, 1.54) is 19.3 Å². The fraction of sp³-hybridized carbons (Fsp3) is 0.455. The minimum Gasteiger partial charge on any atom is -0.367 e. The Kier molecular flexibility index (Phi) is 6.11. The molecule has 2 aliphatic rings. The summed E-state index contributed by atoms with van der Waals surface area (Å²) in [6.07, 6.45) is 6.76. The Morgan fingerprint density at radius 3 is 2.63 bits per heavy atom. The van der Waals surface area contributed by atoms with Crippen LogP contribution in [0.5, 0.6) is 0 Å². The number of carbonyl (C=O) groups is 1. The summed E-state index contributed by atoms with van der Waals surface area (Å²) in [6, 6.07) is 9.95. The Balaban J connectivity index is 1.38. The van der Waals surface area contributed by atoms with E-state index in [4.69, 9.17) is 5.41 Å². The van der Waals surface area contributed by atoms with Crippen molar-refractivity contribution in [2.24, 2.45) is 0 Å². The second-order valence-corrected chi connectivity index (χ2v) is 8.08. The lowest BCUT2D eigenvalue weighted by atomic mass is 9.95. The Hall–Kier alpha value is -3.16. The number of hydrogen-bond donors (Lipinski definition) is 4. The van der Waals surface area contributed by atoms with Crippen LogP contribution < -0.4 is 16.2 Å². The van der Waals surface area contributed by atoms with Crippen LogP contribution in [0.15, 0.2) is 35.1 Å². The molecule has 1 aromatic carbocycles. The lowest BCUT2D eigenvalue weighted by molar-refractivity contribution is 0.148. The topological polar surface area (TPSA) is 114 Å². The van der Waals surface area contributed by atoms with Gasteiger partial charge in [-0.2, -0.15) is 0 Å². The molecular formula is C22H28N6O2. The molecule has 4 N–H and O–H groups in total. The summed E-state index contributed by atoms with van der Waals surface area (Å²) in [5, 5.41) is 13.9. The van der Waals surface area contributed by atoms with Gasteiger partial charge in [-0.05, 0) is 18.4 Å². The zero-order valence-electron chi connectivity index (χ0n) is 17.0. The predicted molar refractivity (Wildman–Crippen MR) is 116 cm³/mol. The van der Waals surface area contributed by atoms with Crippen molar-refractivity contribution >= 4 is 18.1 Å². The SMILES string of the molecule is N=Cc1c(NC2CCCCC2)nc(C2CN(C(=O)NCc3ccccc3)C2)[nH]c1=O. The molecule has 0 bridgehead atoms. The molecule has 0 spiro atoms. The zero-order valence-corrected chi connectivity index (χ0v) is 17.0. The van der Waals surface area contributed by atoms with E-state index in [9.17, 15) is 9.59 Å². The van der Waals surface area contributed by atoms with Gasteiger partial charge in [-0.3, -0.25) is 4.79 Å². The van der Waals surface area contributed by atoms with E-state index in [2.05, 4.69) is 20.6 Å². The third kappa shape index (κ3) is 4.53.